The van der Waals surface area contributed by atoms with Gasteiger partial charge in [0, 0.05) is 0 Å². The Bertz CT molecular complexity index is 735. The summed E-state index contributed by atoms with van der Waals surface area (Å²) in [6.45, 7) is 0. The molecule has 3 rings (SSSR count). The molecule has 0 radical (unpaired) electrons. The van der Waals surface area contributed by atoms with Crippen LogP contribution in [0.4, 0.5) is 11.4 Å². The van der Waals surface area contributed by atoms with Crippen LogP contribution in [0.2, 0.25) is 0 Å². The zero-order valence-electron chi connectivity index (χ0n) is 16.9. The first-order valence-electron chi connectivity index (χ1n) is 9.55. The van der Waals surface area contributed by atoms with E-state index in [0.717, 1.165) is 0 Å². The van der Waals surface area contributed by atoms with Gasteiger partial charge in [0.15, 0.2) is 0 Å². The molecule has 2 aromatic rings. The summed E-state index contributed by atoms with van der Waals surface area (Å²) >= 11 is -1.63. The topological polar surface area (TPSA) is 6.48 Å². The van der Waals surface area contributed by atoms with Crippen molar-refractivity contribution in [3.05, 3.63) is 70.7 Å². The second kappa shape index (κ2) is 9.42. The monoisotopic (exact) mass is 542 g/mol. The zero-order valence-corrected chi connectivity index (χ0v) is 19.2. The first kappa shape index (κ1) is 20.0. The molecule has 0 amide bonds. The second-order valence-corrected chi connectivity index (χ2v) is 12.9. The Labute approximate surface area is 170 Å². The van der Waals surface area contributed by atoms with Crippen molar-refractivity contribution in [3.63, 3.8) is 0 Å². The van der Waals surface area contributed by atoms with E-state index < -0.39 is 17.3 Å². The van der Waals surface area contributed by atoms with Crippen molar-refractivity contribution in [1.82, 2.24) is 0 Å². The van der Waals surface area contributed by atoms with Gasteiger partial charge in [0.05, 0.1) is 0 Å². The number of rotatable bonds is 5. The standard InChI is InChI=1S/2C8H10N.C8H11.Pt/c2*1-9(2)8-6-4-3-5-7-8;1-2-4-6-8-7-5-3-1;/h2*4-7H,1-2H3;1-2,7H,3-6H2;. The fraction of sp³-hybridized carbons (Fsp3) is 0.333. The van der Waals surface area contributed by atoms with E-state index in [2.05, 4.69) is 105 Å². The van der Waals surface area contributed by atoms with Crippen LogP contribution in [0, 0.1) is 0 Å². The van der Waals surface area contributed by atoms with E-state index in [-0.39, 0.29) is 0 Å². The van der Waals surface area contributed by atoms with Gasteiger partial charge < -0.3 is 0 Å². The average molecular weight is 543 g/mol. The number of allylic oxidation sites excluding steroid dienone is 4. The molecule has 0 spiro atoms. The summed E-state index contributed by atoms with van der Waals surface area (Å²) in [4.78, 5) is 4.35. The quantitative estimate of drug-likeness (QED) is 0.517. The molecular formula is C24H31N2Pt. The summed E-state index contributed by atoms with van der Waals surface area (Å²) < 4.78 is 4.79. The van der Waals surface area contributed by atoms with E-state index in [1.54, 1.807) is 11.9 Å². The Balaban J connectivity index is 1.99. The van der Waals surface area contributed by atoms with Crippen LogP contribution in [0.25, 0.3) is 0 Å². The van der Waals surface area contributed by atoms with Crippen LogP contribution in [0.3, 0.4) is 0 Å². The van der Waals surface area contributed by atoms with Gasteiger partial charge in [-0.2, -0.15) is 0 Å². The molecule has 0 N–H and O–H groups in total. The van der Waals surface area contributed by atoms with Gasteiger partial charge in [-0.25, -0.2) is 0 Å². The predicted octanol–water partition coefficient (Wildman–Crippen LogP) is 4.40. The molecular weight excluding hydrogens is 511 g/mol. The molecule has 27 heavy (non-hydrogen) atoms. The number of benzene rings is 2. The minimum absolute atomic E-state index is 1.17. The van der Waals surface area contributed by atoms with Crippen molar-refractivity contribution in [2.75, 3.05) is 38.0 Å². The molecule has 0 saturated carbocycles. The Morgan fingerprint density at radius 1 is 0.630 bits per heavy atom. The number of nitrogens with zero attached hydrogens (tertiary/aromatic N) is 2. The normalized spacial score (nSPS) is 14.8. The van der Waals surface area contributed by atoms with E-state index in [1.165, 1.54) is 37.1 Å². The summed E-state index contributed by atoms with van der Waals surface area (Å²) in [5.74, 6) is 0. The van der Waals surface area contributed by atoms with Gasteiger partial charge in [0.1, 0.15) is 0 Å². The average Bonchev–Trinajstić information content (AvgIpc) is 2.64. The number of anilines is 2. The van der Waals surface area contributed by atoms with Gasteiger partial charge in [0.25, 0.3) is 0 Å². The van der Waals surface area contributed by atoms with Crippen LogP contribution in [-0.4, -0.2) is 28.2 Å². The van der Waals surface area contributed by atoms with Gasteiger partial charge in [-0.3, -0.25) is 0 Å². The molecule has 2 nitrogen and oxygen atoms in total. The number of hydrogen-bond donors (Lipinski definition) is 0. The van der Waals surface area contributed by atoms with E-state index in [1.807, 2.05) is 0 Å². The van der Waals surface area contributed by atoms with Crippen LogP contribution in [-0.2, 0) is 17.3 Å². The fourth-order valence-corrected chi connectivity index (χ4v) is 9.43. The first-order valence-corrected chi connectivity index (χ1v) is 13.0. The van der Waals surface area contributed by atoms with Crippen molar-refractivity contribution in [1.29, 1.82) is 0 Å². The van der Waals surface area contributed by atoms with E-state index in [9.17, 15) is 0 Å². The molecule has 0 unspecified atom stereocenters. The number of hydrogen-bond acceptors (Lipinski definition) is 2. The SMILES string of the molecule is CN(C)c1cc[c]([Pt]([C]2=CCCC=CCC2)[c]2ccc(N(C)C)cc2)cc1. The Morgan fingerprint density at radius 3 is 1.59 bits per heavy atom. The summed E-state index contributed by atoms with van der Waals surface area (Å²) in [5.41, 5.74) is 2.54. The van der Waals surface area contributed by atoms with E-state index in [4.69, 9.17) is 0 Å². The molecule has 0 saturated heterocycles. The molecule has 0 heterocycles. The molecule has 1 aliphatic rings. The third-order valence-electron chi connectivity index (χ3n) is 4.60. The first-order chi connectivity index (χ1) is 13.1. The third kappa shape index (κ3) is 5.14. The van der Waals surface area contributed by atoms with Crippen LogP contribution in [0.1, 0.15) is 25.7 Å². The van der Waals surface area contributed by atoms with Gasteiger partial charge >= 0.3 is 171 Å². The molecule has 3 heteroatoms. The maximum atomic E-state index is 2.55. The van der Waals surface area contributed by atoms with Gasteiger partial charge in [0.2, 0.25) is 0 Å². The molecule has 2 aromatic carbocycles. The molecule has 147 valence electrons. The summed E-state index contributed by atoms with van der Waals surface area (Å²) in [7, 11) is 8.42. The Kier molecular flexibility index (Phi) is 6.96. The van der Waals surface area contributed by atoms with E-state index >= 15 is 0 Å². The molecule has 0 aliphatic heterocycles. The van der Waals surface area contributed by atoms with Crippen LogP contribution in [0.15, 0.2) is 70.7 Å². The van der Waals surface area contributed by atoms with Gasteiger partial charge in [-0.1, -0.05) is 0 Å². The van der Waals surface area contributed by atoms with Crippen LogP contribution in [0.5, 0.6) is 0 Å². The molecule has 1 aliphatic carbocycles. The van der Waals surface area contributed by atoms with Crippen molar-refractivity contribution < 1.29 is 17.3 Å². The molecule has 0 fully saturated rings. The van der Waals surface area contributed by atoms with Crippen LogP contribution < -0.4 is 17.7 Å². The Morgan fingerprint density at radius 2 is 1.11 bits per heavy atom. The van der Waals surface area contributed by atoms with Crippen molar-refractivity contribution in [2.45, 2.75) is 25.7 Å². The van der Waals surface area contributed by atoms with Crippen molar-refractivity contribution >= 4 is 19.3 Å². The van der Waals surface area contributed by atoms with Crippen molar-refractivity contribution in [3.8, 4) is 0 Å². The summed E-state index contributed by atoms with van der Waals surface area (Å²) in [6.07, 6.45) is 12.0. The summed E-state index contributed by atoms with van der Waals surface area (Å²) in [5, 5.41) is 0. The zero-order chi connectivity index (χ0) is 19.2. The minimum atomic E-state index is -1.63. The van der Waals surface area contributed by atoms with E-state index in [0.29, 0.717) is 0 Å². The van der Waals surface area contributed by atoms with Crippen LogP contribution >= 0.6 is 0 Å². The van der Waals surface area contributed by atoms with Gasteiger partial charge in [-0.05, 0) is 0 Å². The maximum absolute atomic E-state index is 2.55. The molecule has 0 bridgehead atoms. The summed E-state index contributed by atoms with van der Waals surface area (Å²) in [6, 6.07) is 18.6. The Hall–Kier alpha value is -1.79. The van der Waals surface area contributed by atoms with Gasteiger partial charge in [-0.15, -0.1) is 0 Å². The fourth-order valence-electron chi connectivity index (χ4n) is 3.03. The van der Waals surface area contributed by atoms with Crippen molar-refractivity contribution in [2.24, 2.45) is 0 Å². The molecule has 0 aromatic heterocycles. The second-order valence-electron chi connectivity index (χ2n) is 7.11. The molecule has 0 atom stereocenters. The third-order valence-corrected chi connectivity index (χ3v) is 11.2. The predicted molar refractivity (Wildman–Crippen MR) is 116 cm³/mol.